The topological polar surface area (TPSA) is 380 Å². The summed E-state index contributed by atoms with van der Waals surface area (Å²) in [4.78, 5) is 48.1. The number of benzene rings is 4. The summed E-state index contributed by atoms with van der Waals surface area (Å²) >= 11 is 0. The second-order valence-corrected chi connectivity index (χ2v) is 18.0. The molecule has 0 fully saturated rings. The molecule has 0 aliphatic carbocycles. The van der Waals surface area contributed by atoms with Crippen LogP contribution in [0.25, 0.3) is 56.4 Å². The minimum absolute atomic E-state index is 0. The third-order valence-electron chi connectivity index (χ3n) is 9.29. The van der Waals surface area contributed by atoms with E-state index in [2.05, 4.69) is 61.4 Å². The fourth-order valence-electron chi connectivity index (χ4n) is 5.73. The van der Waals surface area contributed by atoms with E-state index in [0.717, 1.165) is 81.1 Å². The van der Waals surface area contributed by atoms with E-state index >= 15 is 0 Å². The molecule has 10 aromatic rings. The molecule has 460 valence electrons. The summed E-state index contributed by atoms with van der Waals surface area (Å²) in [6.07, 6.45) is 8.57. The molecule has 0 aliphatic heterocycles. The number of carbonyl (C=O) groups excluding carboxylic acids is 2. The van der Waals surface area contributed by atoms with Gasteiger partial charge in [-0.1, -0.05) is 158 Å². The van der Waals surface area contributed by atoms with Gasteiger partial charge in [-0.15, -0.1) is 20.5 Å². The molecule has 24 nitrogen and oxygen atoms in total. The van der Waals surface area contributed by atoms with Crippen LogP contribution in [-0.4, -0.2) is 80.7 Å². The van der Waals surface area contributed by atoms with Crippen LogP contribution < -0.4 is 37.3 Å². The minimum atomic E-state index is -4.94. The van der Waals surface area contributed by atoms with E-state index in [9.17, 15) is 9.59 Å². The molecule has 4 aromatic carbocycles. The second-order valence-electron chi connectivity index (χ2n) is 16.5. The Hall–Kier alpha value is -8.84. The number of amides is 2. The number of rotatable bonds is 12. The SMILES string of the molecule is CN(C)C=O.CN(C)C=O.[O-][Cl+3]([O-])([O-])[O-].[O-][Cl+3]([O-])([O-])[O-].[Pt+2].[Pt+2].c1ccc(-c2cccc(-c3ccccn3)n2)nc1.c1ccc(-c2cccc(-c3ccccn3)n2)nc1.c1ccc(N=N[N-]c2ccccc2)cc1.c1ccc(N=N[N-]c2ccccc2)cc1. The number of hydrogen-bond donors (Lipinski definition) is 0. The van der Waals surface area contributed by atoms with Gasteiger partial charge in [0.2, 0.25) is 12.8 Å². The van der Waals surface area contributed by atoms with Crippen LogP contribution >= 0.6 is 0 Å². The van der Waals surface area contributed by atoms with Gasteiger partial charge < -0.3 is 30.9 Å². The quantitative estimate of drug-likeness (QED) is 0.0873. The van der Waals surface area contributed by atoms with Gasteiger partial charge in [-0.3, -0.25) is 40.0 Å². The molecule has 0 N–H and O–H groups in total. The number of aromatic nitrogens is 6. The summed E-state index contributed by atoms with van der Waals surface area (Å²) in [5.41, 5.74) is 18.1. The Morgan fingerprint density at radius 2 is 0.534 bits per heavy atom. The first-order chi connectivity index (χ1) is 41.3. The van der Waals surface area contributed by atoms with Gasteiger partial charge in [0.15, 0.2) is 0 Å². The third-order valence-corrected chi connectivity index (χ3v) is 9.29. The van der Waals surface area contributed by atoms with Crippen molar-refractivity contribution in [3.8, 4) is 45.6 Å². The second kappa shape index (κ2) is 45.5. The summed E-state index contributed by atoms with van der Waals surface area (Å²) in [7, 11) is -3.14. The molecule has 0 unspecified atom stereocenters. The number of carbonyl (C=O) groups is 2. The first-order valence-electron chi connectivity index (χ1n) is 24.8. The van der Waals surface area contributed by atoms with Crippen LogP contribution in [0.15, 0.2) is 276 Å². The van der Waals surface area contributed by atoms with Gasteiger partial charge in [-0.05, 0) is 95.5 Å². The smallest absolute Gasteiger partial charge is 0.351 e. The molecular weight excluding hydrogens is 1540 g/mol. The molecule has 0 radical (unpaired) electrons. The van der Waals surface area contributed by atoms with Gasteiger partial charge in [-0.25, -0.2) is 47.2 Å². The first-order valence-corrected chi connectivity index (χ1v) is 27.3. The molecule has 0 spiro atoms. The maximum Gasteiger partial charge on any atom is 2.00 e. The van der Waals surface area contributed by atoms with Crippen LogP contribution in [0.1, 0.15) is 0 Å². The monoisotopic (exact) mass is 1590 g/mol. The molecule has 0 aliphatic rings. The van der Waals surface area contributed by atoms with Crippen molar-refractivity contribution in [1.29, 1.82) is 0 Å². The summed E-state index contributed by atoms with van der Waals surface area (Å²) in [6.45, 7) is 0. The molecule has 88 heavy (non-hydrogen) atoms. The Bertz CT molecular complexity index is 3080. The molecule has 2 amide bonds. The van der Waals surface area contributed by atoms with Gasteiger partial charge in [-0.2, -0.15) is 0 Å². The Morgan fingerprint density at radius 1 is 0.330 bits per heavy atom. The molecule has 6 aromatic heterocycles. The summed E-state index contributed by atoms with van der Waals surface area (Å²) in [5.74, 6) is 0. The molecule has 0 bridgehead atoms. The minimum Gasteiger partial charge on any atom is -0.351 e. The van der Waals surface area contributed by atoms with Gasteiger partial charge >= 0.3 is 42.1 Å². The molecule has 0 saturated heterocycles. The van der Waals surface area contributed by atoms with Crippen molar-refractivity contribution in [3.05, 3.63) is 266 Å². The van der Waals surface area contributed by atoms with E-state index < -0.39 is 20.5 Å². The Balaban J connectivity index is 0.000000529. The zero-order valence-electron chi connectivity index (χ0n) is 47.1. The number of pyridine rings is 6. The van der Waals surface area contributed by atoms with Crippen molar-refractivity contribution >= 4 is 35.6 Å². The Labute approximate surface area is 541 Å². The van der Waals surface area contributed by atoms with Crippen molar-refractivity contribution in [3.63, 3.8) is 0 Å². The molecule has 6 heterocycles. The summed E-state index contributed by atoms with van der Waals surface area (Å²) in [5, 5.41) is 15.4. The zero-order chi connectivity index (χ0) is 62.7. The van der Waals surface area contributed by atoms with Crippen molar-refractivity contribution in [2.75, 3.05) is 28.2 Å². The van der Waals surface area contributed by atoms with E-state index in [1.165, 1.54) is 9.80 Å². The number of hydrogen-bond acceptors (Lipinski definition) is 20. The third kappa shape index (κ3) is 39.0. The van der Waals surface area contributed by atoms with Crippen LogP contribution in [0.5, 0.6) is 0 Å². The largest absolute Gasteiger partial charge is 2.00 e. The van der Waals surface area contributed by atoms with E-state index in [1.54, 1.807) is 53.0 Å². The molecule has 0 atom stereocenters. The average molecular weight is 1590 g/mol. The van der Waals surface area contributed by atoms with Gasteiger partial charge in [0.25, 0.3) is 0 Å². The number of halogens is 2. The molecule has 10 rings (SSSR count). The predicted molar refractivity (Wildman–Crippen MR) is 302 cm³/mol. The Kier molecular flexibility index (Phi) is 39.9. The van der Waals surface area contributed by atoms with Gasteiger partial charge in [0, 0.05) is 53.0 Å². The predicted octanol–water partition coefficient (Wildman–Crippen LogP) is 5.08. The van der Waals surface area contributed by atoms with Gasteiger partial charge in [0.05, 0.1) is 45.6 Å². The number of nitrogens with zero attached hydrogens (tertiary/aromatic N) is 14. The summed E-state index contributed by atoms with van der Waals surface area (Å²) in [6, 6.07) is 73.0. The fraction of sp³-hybridized carbons (Fsp3) is 0.0667. The average Bonchev–Trinajstić information content (AvgIpc) is 3.73. The maximum atomic E-state index is 9.43. The van der Waals surface area contributed by atoms with Crippen molar-refractivity contribution in [2.45, 2.75) is 0 Å². The van der Waals surface area contributed by atoms with Crippen LogP contribution in [-0.2, 0) is 51.7 Å². The van der Waals surface area contributed by atoms with E-state index in [0.29, 0.717) is 0 Å². The van der Waals surface area contributed by atoms with E-state index in [1.807, 2.05) is 231 Å². The van der Waals surface area contributed by atoms with Crippen molar-refractivity contribution < 1.29 is 109 Å². The van der Waals surface area contributed by atoms with E-state index in [4.69, 9.17) is 37.3 Å². The molecular formula is C60H56Cl2N14O10Pt2. The van der Waals surface area contributed by atoms with Crippen molar-refractivity contribution in [2.24, 2.45) is 20.7 Å². The normalized spacial score (nSPS) is 9.86. The summed E-state index contributed by atoms with van der Waals surface area (Å²) < 4.78 is 67.9. The maximum absolute atomic E-state index is 9.43. The van der Waals surface area contributed by atoms with Crippen LogP contribution in [0, 0.1) is 20.5 Å². The van der Waals surface area contributed by atoms with E-state index in [-0.39, 0.29) is 42.1 Å². The molecule has 28 heteroatoms. The van der Waals surface area contributed by atoms with Crippen LogP contribution in [0.2, 0.25) is 0 Å². The first kappa shape index (κ1) is 77.2. The Morgan fingerprint density at radius 3 is 0.739 bits per heavy atom. The fourth-order valence-corrected chi connectivity index (χ4v) is 5.73. The van der Waals surface area contributed by atoms with Crippen molar-refractivity contribution in [1.82, 2.24) is 39.7 Å². The molecule has 0 saturated carbocycles. The zero-order valence-corrected chi connectivity index (χ0v) is 53.2. The van der Waals surface area contributed by atoms with Crippen LogP contribution in [0.3, 0.4) is 0 Å². The standard InChI is InChI=1S/2C15H11N3.2C12H10N3.2C3H7NO.2ClHO4.2Pt/c2*1-3-10-16-12(6-1)14-8-5-9-15(18-14)13-7-2-4-11-17-13;2*1-3-7-11(8-4-1)13-15-14-12-9-5-2-6-10-12;2*1-4(2)3-5;2*2-1(3,4)5;;/h2*1-11H;2*1-10H;2*3H,1-2H3;2*(H,2,3,4,5);;/q;;2*-1;;;;;2*+2/p-2. The van der Waals surface area contributed by atoms with Gasteiger partial charge in [0.1, 0.15) is 0 Å². The van der Waals surface area contributed by atoms with Crippen LogP contribution in [0.4, 0.5) is 22.7 Å².